The van der Waals surface area contributed by atoms with Crippen molar-refractivity contribution in [2.24, 2.45) is 7.05 Å². The Morgan fingerprint density at radius 3 is 2.89 bits per heavy atom. The highest BCUT2D eigenvalue weighted by Crippen LogP contribution is 2.22. The number of thioether (sulfide) groups is 1. The molecule has 0 aliphatic rings. The molecule has 0 fully saturated rings. The minimum atomic E-state index is -0.457. The van der Waals surface area contributed by atoms with Crippen LogP contribution < -0.4 is 0 Å². The van der Waals surface area contributed by atoms with E-state index in [1.807, 2.05) is 17.8 Å². The van der Waals surface area contributed by atoms with E-state index in [-0.39, 0.29) is 5.82 Å². The van der Waals surface area contributed by atoms with Gasteiger partial charge in [-0.3, -0.25) is 0 Å². The summed E-state index contributed by atoms with van der Waals surface area (Å²) >= 11 is 1.34. The van der Waals surface area contributed by atoms with E-state index in [0.717, 1.165) is 12.2 Å². The minimum absolute atomic E-state index is 0.233. The molecule has 0 radical (unpaired) electrons. The zero-order chi connectivity index (χ0) is 13.7. The van der Waals surface area contributed by atoms with Crippen molar-refractivity contribution in [1.82, 2.24) is 9.55 Å². The van der Waals surface area contributed by atoms with Crippen LogP contribution in [-0.4, -0.2) is 26.5 Å². The molecule has 1 aromatic carbocycles. The SMILES string of the molecule is Cn1ccnc1CCC(O)CSc1ccccc1F. The second-order valence-corrected chi connectivity index (χ2v) is 5.45. The number of aryl methyl sites for hydroxylation is 2. The first-order valence-corrected chi connectivity index (χ1v) is 7.17. The molecule has 0 amide bonds. The van der Waals surface area contributed by atoms with Crippen molar-refractivity contribution in [3.63, 3.8) is 0 Å². The third-order valence-corrected chi connectivity index (χ3v) is 4.08. The average molecular weight is 280 g/mol. The molecule has 0 aliphatic carbocycles. The van der Waals surface area contributed by atoms with Gasteiger partial charge in [0.1, 0.15) is 11.6 Å². The van der Waals surface area contributed by atoms with Gasteiger partial charge in [-0.05, 0) is 18.6 Å². The molecule has 0 bridgehead atoms. The summed E-state index contributed by atoms with van der Waals surface area (Å²) in [6.07, 6.45) is 4.53. The first-order chi connectivity index (χ1) is 9.16. The van der Waals surface area contributed by atoms with Crippen molar-refractivity contribution in [3.8, 4) is 0 Å². The number of hydrogen-bond donors (Lipinski definition) is 1. The van der Waals surface area contributed by atoms with Crippen LogP contribution in [0.1, 0.15) is 12.2 Å². The van der Waals surface area contributed by atoms with Crippen molar-refractivity contribution in [1.29, 1.82) is 0 Å². The molecule has 2 aromatic rings. The lowest BCUT2D eigenvalue weighted by molar-refractivity contribution is 0.188. The maximum absolute atomic E-state index is 13.4. The fourth-order valence-electron chi connectivity index (χ4n) is 1.76. The van der Waals surface area contributed by atoms with Crippen LogP contribution in [0.3, 0.4) is 0 Å². The van der Waals surface area contributed by atoms with E-state index < -0.39 is 6.10 Å². The van der Waals surface area contributed by atoms with E-state index in [1.165, 1.54) is 17.8 Å². The molecule has 1 atom stereocenters. The van der Waals surface area contributed by atoms with Gasteiger partial charge in [0.05, 0.1) is 6.10 Å². The van der Waals surface area contributed by atoms with Crippen LogP contribution in [0.4, 0.5) is 4.39 Å². The summed E-state index contributed by atoms with van der Waals surface area (Å²) in [5.41, 5.74) is 0. The van der Waals surface area contributed by atoms with Gasteiger partial charge in [0.2, 0.25) is 0 Å². The monoisotopic (exact) mass is 280 g/mol. The number of hydrogen-bond acceptors (Lipinski definition) is 3. The normalized spacial score (nSPS) is 12.6. The molecule has 102 valence electrons. The zero-order valence-electron chi connectivity index (χ0n) is 10.8. The summed E-state index contributed by atoms with van der Waals surface area (Å²) in [5.74, 6) is 1.21. The summed E-state index contributed by atoms with van der Waals surface area (Å²) in [7, 11) is 1.93. The van der Waals surface area contributed by atoms with Gasteiger partial charge in [0, 0.05) is 36.5 Å². The Morgan fingerprint density at radius 2 is 2.21 bits per heavy atom. The zero-order valence-corrected chi connectivity index (χ0v) is 11.6. The van der Waals surface area contributed by atoms with E-state index in [4.69, 9.17) is 0 Å². The number of aromatic nitrogens is 2. The van der Waals surface area contributed by atoms with E-state index in [0.29, 0.717) is 17.1 Å². The minimum Gasteiger partial charge on any atom is -0.392 e. The number of halogens is 1. The lowest BCUT2D eigenvalue weighted by Crippen LogP contribution is -2.12. The predicted octanol–water partition coefficient (Wildman–Crippen LogP) is 2.65. The summed E-state index contributed by atoms with van der Waals surface area (Å²) in [6.45, 7) is 0. The maximum Gasteiger partial charge on any atom is 0.136 e. The molecule has 1 unspecified atom stereocenters. The summed E-state index contributed by atoms with van der Waals surface area (Å²) in [4.78, 5) is 4.79. The van der Waals surface area contributed by atoms with Crippen molar-refractivity contribution >= 4 is 11.8 Å². The smallest absolute Gasteiger partial charge is 0.136 e. The number of benzene rings is 1. The van der Waals surface area contributed by atoms with Crippen LogP contribution in [0.2, 0.25) is 0 Å². The van der Waals surface area contributed by atoms with Crippen LogP contribution in [0.5, 0.6) is 0 Å². The van der Waals surface area contributed by atoms with E-state index in [1.54, 1.807) is 24.4 Å². The van der Waals surface area contributed by atoms with Gasteiger partial charge in [-0.25, -0.2) is 9.37 Å². The van der Waals surface area contributed by atoms with Crippen LogP contribution in [-0.2, 0) is 13.5 Å². The molecule has 2 rings (SSSR count). The van der Waals surface area contributed by atoms with Gasteiger partial charge in [-0.1, -0.05) is 12.1 Å². The molecule has 0 aliphatic heterocycles. The number of nitrogens with zero attached hydrogens (tertiary/aromatic N) is 2. The van der Waals surface area contributed by atoms with Crippen LogP contribution in [0.25, 0.3) is 0 Å². The Morgan fingerprint density at radius 1 is 1.42 bits per heavy atom. The molecule has 0 saturated heterocycles. The lowest BCUT2D eigenvalue weighted by atomic mass is 10.2. The van der Waals surface area contributed by atoms with Crippen LogP contribution in [0, 0.1) is 5.82 Å². The first-order valence-electron chi connectivity index (χ1n) is 6.18. The van der Waals surface area contributed by atoms with Gasteiger partial charge in [-0.15, -0.1) is 11.8 Å². The van der Waals surface area contributed by atoms with Crippen molar-refractivity contribution in [2.75, 3.05) is 5.75 Å². The summed E-state index contributed by atoms with van der Waals surface area (Å²) in [6, 6.07) is 6.62. The number of aliphatic hydroxyl groups excluding tert-OH is 1. The Labute approximate surface area is 116 Å². The molecule has 19 heavy (non-hydrogen) atoms. The van der Waals surface area contributed by atoms with Gasteiger partial charge >= 0.3 is 0 Å². The van der Waals surface area contributed by atoms with Crippen LogP contribution >= 0.6 is 11.8 Å². The molecule has 3 nitrogen and oxygen atoms in total. The first kappa shape index (κ1) is 14.1. The largest absolute Gasteiger partial charge is 0.392 e. The number of imidazole rings is 1. The molecule has 5 heteroatoms. The van der Waals surface area contributed by atoms with E-state index in [2.05, 4.69) is 4.98 Å². The Hall–Kier alpha value is -1.33. The second-order valence-electron chi connectivity index (χ2n) is 4.39. The van der Waals surface area contributed by atoms with Crippen LogP contribution in [0.15, 0.2) is 41.6 Å². The lowest BCUT2D eigenvalue weighted by Gasteiger charge is -2.10. The third kappa shape index (κ3) is 4.08. The number of aliphatic hydroxyl groups is 1. The van der Waals surface area contributed by atoms with E-state index >= 15 is 0 Å². The Bertz CT molecular complexity index is 530. The van der Waals surface area contributed by atoms with Gasteiger partial charge in [-0.2, -0.15) is 0 Å². The topological polar surface area (TPSA) is 38.0 Å². The standard InChI is InChI=1S/C14H17FN2OS/c1-17-9-8-16-14(17)7-6-11(18)10-19-13-5-3-2-4-12(13)15/h2-5,8-9,11,18H,6-7,10H2,1H3. The quantitative estimate of drug-likeness (QED) is 0.827. The predicted molar refractivity (Wildman–Crippen MR) is 74.7 cm³/mol. The van der Waals surface area contributed by atoms with E-state index in [9.17, 15) is 9.50 Å². The number of rotatable bonds is 6. The summed E-state index contributed by atoms with van der Waals surface area (Å²) < 4.78 is 15.3. The Kier molecular flexibility index (Phi) is 4.99. The molecular formula is C14H17FN2OS. The Balaban J connectivity index is 1.77. The molecule has 0 spiro atoms. The highest BCUT2D eigenvalue weighted by Gasteiger charge is 2.09. The molecule has 0 saturated carbocycles. The molecule has 1 N–H and O–H groups in total. The van der Waals surface area contributed by atoms with Gasteiger partial charge < -0.3 is 9.67 Å². The third-order valence-electron chi connectivity index (χ3n) is 2.89. The fraction of sp³-hybridized carbons (Fsp3) is 0.357. The second kappa shape index (κ2) is 6.73. The van der Waals surface area contributed by atoms with Gasteiger partial charge in [0.25, 0.3) is 0 Å². The van der Waals surface area contributed by atoms with Crippen molar-refractivity contribution in [3.05, 3.63) is 48.3 Å². The highest BCUT2D eigenvalue weighted by atomic mass is 32.2. The molecule has 1 aromatic heterocycles. The fourth-order valence-corrected chi connectivity index (χ4v) is 2.68. The summed E-state index contributed by atoms with van der Waals surface area (Å²) in [5, 5.41) is 9.91. The molecule has 1 heterocycles. The van der Waals surface area contributed by atoms with Crippen molar-refractivity contribution < 1.29 is 9.50 Å². The van der Waals surface area contributed by atoms with Crippen molar-refractivity contribution in [2.45, 2.75) is 23.8 Å². The average Bonchev–Trinajstić information content (AvgIpc) is 2.81. The molecular weight excluding hydrogens is 263 g/mol. The maximum atomic E-state index is 13.4. The van der Waals surface area contributed by atoms with Gasteiger partial charge in [0.15, 0.2) is 0 Å². The highest BCUT2D eigenvalue weighted by molar-refractivity contribution is 7.99.